The first-order chi connectivity index (χ1) is 11.6. The number of pyridine rings is 1. The van der Waals surface area contributed by atoms with Gasteiger partial charge in [-0.1, -0.05) is 6.92 Å². The average molecular weight is 340 g/mol. The number of nitrogens with zero attached hydrogens (tertiary/aromatic N) is 4. The summed E-state index contributed by atoms with van der Waals surface area (Å²) in [7, 11) is 0. The Balaban J connectivity index is 1.75. The molecule has 0 N–H and O–H groups in total. The Kier molecular flexibility index (Phi) is 4.91. The predicted octanol–water partition coefficient (Wildman–Crippen LogP) is 3.57. The van der Waals surface area contributed by atoms with Gasteiger partial charge >= 0.3 is 0 Å². The van der Waals surface area contributed by atoms with Gasteiger partial charge in [0.15, 0.2) is 11.7 Å². The lowest BCUT2D eigenvalue weighted by Gasteiger charge is -2.31. The van der Waals surface area contributed by atoms with Gasteiger partial charge in [-0.05, 0) is 37.8 Å². The highest BCUT2D eigenvalue weighted by molar-refractivity contribution is 7.10. The molecular weight excluding hydrogens is 320 g/mol. The third-order valence-electron chi connectivity index (χ3n) is 4.42. The van der Waals surface area contributed by atoms with E-state index in [2.05, 4.69) is 27.9 Å². The standard InChI is InChI=1S/C18H20N4OS/c1-12-5-7-22(8-6-12)16-4-3-14(10-20-16)17(23)15(9-19)18-21-13(2)11-24-18/h3-4,10-12,15H,5-8H2,1-2H3. The van der Waals surface area contributed by atoms with Crippen molar-refractivity contribution in [1.82, 2.24) is 9.97 Å². The van der Waals surface area contributed by atoms with Crippen LogP contribution in [0.25, 0.3) is 0 Å². The summed E-state index contributed by atoms with van der Waals surface area (Å²) in [4.78, 5) is 23.6. The van der Waals surface area contributed by atoms with Gasteiger partial charge in [0, 0.05) is 35.9 Å². The Hall–Kier alpha value is -2.26. The zero-order valence-electron chi connectivity index (χ0n) is 13.9. The molecule has 0 radical (unpaired) electrons. The Morgan fingerprint density at radius 1 is 1.42 bits per heavy atom. The van der Waals surface area contributed by atoms with Gasteiger partial charge in [0.2, 0.25) is 0 Å². The minimum absolute atomic E-state index is 0.238. The van der Waals surface area contributed by atoms with Crippen molar-refractivity contribution in [3.63, 3.8) is 0 Å². The maximum atomic E-state index is 12.6. The number of Topliss-reactive ketones (excluding diaryl/α,β-unsaturated/α-hetero) is 1. The van der Waals surface area contributed by atoms with E-state index in [-0.39, 0.29) is 5.78 Å². The van der Waals surface area contributed by atoms with Crippen LogP contribution in [0.4, 0.5) is 5.82 Å². The van der Waals surface area contributed by atoms with Crippen molar-refractivity contribution in [2.75, 3.05) is 18.0 Å². The molecule has 3 rings (SSSR count). The van der Waals surface area contributed by atoms with E-state index in [1.807, 2.05) is 18.4 Å². The van der Waals surface area contributed by atoms with E-state index in [1.54, 1.807) is 12.3 Å². The van der Waals surface area contributed by atoms with Crippen LogP contribution in [0.1, 0.15) is 46.7 Å². The molecule has 0 aliphatic carbocycles. The van der Waals surface area contributed by atoms with Crippen molar-refractivity contribution < 1.29 is 4.79 Å². The number of hydrogen-bond acceptors (Lipinski definition) is 6. The molecule has 0 saturated carbocycles. The minimum atomic E-state index is -0.854. The van der Waals surface area contributed by atoms with Crippen LogP contribution in [0.3, 0.4) is 0 Å². The van der Waals surface area contributed by atoms with E-state index in [9.17, 15) is 10.1 Å². The normalized spacial score (nSPS) is 16.6. The highest BCUT2D eigenvalue weighted by atomic mass is 32.1. The molecule has 1 aliphatic heterocycles. The van der Waals surface area contributed by atoms with Crippen LogP contribution in [0.2, 0.25) is 0 Å². The van der Waals surface area contributed by atoms with Gasteiger partial charge in [0.25, 0.3) is 0 Å². The maximum Gasteiger partial charge on any atom is 0.188 e. The summed E-state index contributed by atoms with van der Waals surface area (Å²) in [6, 6.07) is 5.72. The number of hydrogen-bond donors (Lipinski definition) is 0. The number of nitriles is 1. The first kappa shape index (κ1) is 16.6. The molecular formula is C18H20N4OS. The van der Waals surface area contributed by atoms with Crippen LogP contribution in [-0.2, 0) is 0 Å². The second-order valence-electron chi connectivity index (χ2n) is 6.33. The summed E-state index contributed by atoms with van der Waals surface area (Å²) >= 11 is 1.35. The quantitative estimate of drug-likeness (QED) is 0.796. The second-order valence-corrected chi connectivity index (χ2v) is 7.22. The topological polar surface area (TPSA) is 69.9 Å². The molecule has 2 aromatic rings. The van der Waals surface area contributed by atoms with E-state index >= 15 is 0 Å². The van der Waals surface area contributed by atoms with Crippen molar-refractivity contribution in [3.8, 4) is 6.07 Å². The van der Waals surface area contributed by atoms with E-state index < -0.39 is 5.92 Å². The van der Waals surface area contributed by atoms with E-state index in [1.165, 1.54) is 24.2 Å². The van der Waals surface area contributed by atoms with Crippen molar-refractivity contribution >= 4 is 22.9 Å². The van der Waals surface area contributed by atoms with Gasteiger partial charge in [-0.25, -0.2) is 9.97 Å². The number of carbonyl (C=O) groups is 1. The largest absolute Gasteiger partial charge is 0.357 e. The number of ketones is 1. The fraction of sp³-hybridized carbons (Fsp3) is 0.444. The molecule has 1 atom stereocenters. The van der Waals surface area contributed by atoms with Crippen LogP contribution >= 0.6 is 11.3 Å². The van der Waals surface area contributed by atoms with Gasteiger partial charge in [-0.3, -0.25) is 4.79 Å². The number of thiazole rings is 1. The lowest BCUT2D eigenvalue weighted by molar-refractivity contribution is 0.0978. The molecule has 6 heteroatoms. The molecule has 1 unspecified atom stereocenters. The molecule has 1 fully saturated rings. The summed E-state index contributed by atoms with van der Waals surface area (Å²) in [5.74, 6) is 0.572. The van der Waals surface area contributed by atoms with Gasteiger partial charge in [-0.2, -0.15) is 5.26 Å². The highest BCUT2D eigenvalue weighted by Gasteiger charge is 2.25. The Morgan fingerprint density at radius 2 is 2.17 bits per heavy atom. The highest BCUT2D eigenvalue weighted by Crippen LogP contribution is 2.25. The number of aromatic nitrogens is 2. The molecule has 2 aromatic heterocycles. The van der Waals surface area contributed by atoms with Crippen molar-refractivity contribution in [2.45, 2.75) is 32.6 Å². The van der Waals surface area contributed by atoms with Crippen LogP contribution in [0.5, 0.6) is 0 Å². The summed E-state index contributed by atoms with van der Waals surface area (Å²) < 4.78 is 0. The summed E-state index contributed by atoms with van der Waals surface area (Å²) in [6.45, 7) is 6.13. The number of carbonyl (C=O) groups excluding carboxylic acids is 1. The van der Waals surface area contributed by atoms with Crippen LogP contribution in [-0.4, -0.2) is 28.8 Å². The molecule has 1 saturated heterocycles. The molecule has 24 heavy (non-hydrogen) atoms. The molecule has 0 aromatic carbocycles. The van der Waals surface area contributed by atoms with Gasteiger partial charge < -0.3 is 4.90 Å². The molecule has 1 aliphatic rings. The molecule has 0 bridgehead atoms. The zero-order chi connectivity index (χ0) is 17.1. The smallest absolute Gasteiger partial charge is 0.188 e. The van der Waals surface area contributed by atoms with Gasteiger partial charge in [0.05, 0.1) is 6.07 Å². The van der Waals surface area contributed by atoms with Crippen LogP contribution < -0.4 is 4.90 Å². The summed E-state index contributed by atoms with van der Waals surface area (Å²) in [5.41, 5.74) is 1.29. The number of piperidine rings is 1. The van der Waals surface area contributed by atoms with Gasteiger partial charge in [-0.15, -0.1) is 11.3 Å². The SMILES string of the molecule is Cc1csc(C(C#N)C(=O)c2ccc(N3CCC(C)CC3)nc2)n1. The summed E-state index contributed by atoms with van der Waals surface area (Å²) in [6.07, 6.45) is 3.92. The Morgan fingerprint density at radius 3 is 2.71 bits per heavy atom. The van der Waals surface area contributed by atoms with Gasteiger partial charge in [0.1, 0.15) is 10.8 Å². The lowest BCUT2D eigenvalue weighted by Crippen LogP contribution is -2.33. The number of aryl methyl sites for hydroxylation is 1. The first-order valence-corrected chi connectivity index (χ1v) is 9.03. The fourth-order valence-corrected chi connectivity index (χ4v) is 3.69. The first-order valence-electron chi connectivity index (χ1n) is 8.15. The molecule has 0 amide bonds. The average Bonchev–Trinajstić information content (AvgIpc) is 3.02. The third-order valence-corrected chi connectivity index (χ3v) is 5.44. The monoisotopic (exact) mass is 340 g/mol. The summed E-state index contributed by atoms with van der Waals surface area (Å²) in [5, 5.41) is 11.8. The third kappa shape index (κ3) is 3.46. The maximum absolute atomic E-state index is 12.6. The van der Waals surface area contributed by atoms with Crippen LogP contribution in [0, 0.1) is 24.2 Å². The molecule has 124 valence electrons. The molecule has 5 nitrogen and oxygen atoms in total. The predicted molar refractivity (Wildman–Crippen MR) is 94.4 cm³/mol. The second kappa shape index (κ2) is 7.10. The van der Waals surface area contributed by atoms with Crippen molar-refractivity contribution in [1.29, 1.82) is 5.26 Å². The molecule has 3 heterocycles. The Bertz CT molecular complexity index is 754. The number of anilines is 1. The number of rotatable bonds is 4. The van der Waals surface area contributed by atoms with Crippen molar-refractivity contribution in [2.24, 2.45) is 5.92 Å². The minimum Gasteiger partial charge on any atom is -0.357 e. The lowest BCUT2D eigenvalue weighted by atomic mass is 9.99. The van der Waals surface area contributed by atoms with Crippen LogP contribution in [0.15, 0.2) is 23.7 Å². The van der Waals surface area contributed by atoms with E-state index in [0.29, 0.717) is 10.6 Å². The molecule has 0 spiro atoms. The zero-order valence-corrected chi connectivity index (χ0v) is 14.7. The fourth-order valence-electron chi connectivity index (χ4n) is 2.85. The Labute approximate surface area is 146 Å². The van der Waals surface area contributed by atoms with Crippen molar-refractivity contribution in [3.05, 3.63) is 40.0 Å². The van der Waals surface area contributed by atoms with E-state index in [0.717, 1.165) is 30.5 Å². The van der Waals surface area contributed by atoms with E-state index in [4.69, 9.17) is 0 Å².